The van der Waals surface area contributed by atoms with Gasteiger partial charge in [0.25, 0.3) is 11.8 Å². The second-order valence-electron chi connectivity index (χ2n) is 6.72. The maximum Gasteiger partial charge on any atom is 0.282 e. The Morgan fingerprint density at radius 3 is 2.17 bits per heavy atom. The Morgan fingerprint density at radius 2 is 1.47 bits per heavy atom. The van der Waals surface area contributed by atoms with Crippen molar-refractivity contribution in [2.75, 3.05) is 24.0 Å². The highest BCUT2D eigenvalue weighted by Crippen LogP contribution is 2.40. The summed E-state index contributed by atoms with van der Waals surface area (Å²) in [5.74, 6) is -0.385. The Kier molecular flexibility index (Phi) is 5.29. The summed E-state index contributed by atoms with van der Waals surface area (Å²) < 4.78 is 5.48. The predicted molar refractivity (Wildman–Crippen MR) is 119 cm³/mol. The molecule has 3 aromatic rings. The van der Waals surface area contributed by atoms with E-state index in [1.807, 2.05) is 36.4 Å². The minimum absolute atomic E-state index is 0.260. The zero-order valence-corrected chi connectivity index (χ0v) is 17.3. The lowest BCUT2D eigenvalue weighted by molar-refractivity contribution is -0.120. The van der Waals surface area contributed by atoms with E-state index in [-0.39, 0.29) is 11.3 Å². The van der Waals surface area contributed by atoms with Crippen molar-refractivity contribution in [2.24, 2.45) is 0 Å². The summed E-state index contributed by atoms with van der Waals surface area (Å²) in [6.07, 6.45) is 0. The summed E-state index contributed by atoms with van der Waals surface area (Å²) in [5, 5.41) is 0.321. The highest BCUT2D eigenvalue weighted by atomic mass is 35.5. The van der Waals surface area contributed by atoms with Crippen LogP contribution in [0.15, 0.2) is 84.6 Å². The number of methoxy groups -OCH3 is 1. The molecule has 1 aliphatic rings. The number of hydrogen-bond acceptors (Lipinski definition) is 4. The summed E-state index contributed by atoms with van der Waals surface area (Å²) in [4.78, 5) is 30.0. The minimum atomic E-state index is -0.449. The van der Waals surface area contributed by atoms with Gasteiger partial charge in [0.2, 0.25) is 0 Å². The van der Waals surface area contributed by atoms with Gasteiger partial charge < -0.3 is 9.64 Å². The Balaban J connectivity index is 1.94. The molecule has 3 aromatic carbocycles. The number of rotatable bonds is 5. The van der Waals surface area contributed by atoms with Crippen molar-refractivity contribution >= 4 is 40.4 Å². The summed E-state index contributed by atoms with van der Waals surface area (Å²) in [7, 11) is 3.30. The first-order valence-corrected chi connectivity index (χ1v) is 9.72. The topological polar surface area (TPSA) is 49.9 Å². The number of benzene rings is 3. The van der Waals surface area contributed by atoms with Gasteiger partial charge in [-0.1, -0.05) is 60.1 Å². The lowest BCUT2D eigenvalue weighted by atomic mass is 10.0. The second-order valence-corrected chi connectivity index (χ2v) is 7.12. The number of hydrogen-bond donors (Lipinski definition) is 0. The summed E-state index contributed by atoms with van der Waals surface area (Å²) in [6.45, 7) is 0. The average Bonchev–Trinajstić information content (AvgIpc) is 3.04. The minimum Gasteiger partial charge on any atom is -0.496 e. The number of imide groups is 1. The first-order valence-electron chi connectivity index (χ1n) is 9.34. The fourth-order valence-corrected chi connectivity index (χ4v) is 3.78. The molecule has 0 aromatic heterocycles. The maximum atomic E-state index is 13.6. The molecule has 0 bridgehead atoms. The third kappa shape index (κ3) is 3.23. The Morgan fingerprint density at radius 1 is 0.833 bits per heavy atom. The van der Waals surface area contributed by atoms with Crippen LogP contribution in [0.3, 0.4) is 0 Å². The van der Waals surface area contributed by atoms with Crippen molar-refractivity contribution in [1.82, 2.24) is 0 Å². The molecule has 0 aliphatic carbocycles. The van der Waals surface area contributed by atoms with Crippen LogP contribution in [0, 0.1) is 0 Å². The van der Waals surface area contributed by atoms with E-state index in [1.54, 1.807) is 54.4 Å². The number of para-hydroxylation sites is 3. The average molecular weight is 419 g/mol. The molecule has 4 rings (SSSR count). The fraction of sp³-hybridized carbons (Fsp3) is 0.0833. The zero-order valence-electron chi connectivity index (χ0n) is 16.5. The van der Waals surface area contributed by atoms with Crippen LogP contribution in [-0.2, 0) is 9.59 Å². The van der Waals surface area contributed by atoms with Crippen molar-refractivity contribution in [3.05, 3.63) is 95.1 Å². The van der Waals surface area contributed by atoms with E-state index >= 15 is 0 Å². The van der Waals surface area contributed by atoms with Crippen LogP contribution in [0.2, 0.25) is 5.02 Å². The molecule has 2 amide bonds. The predicted octanol–water partition coefficient (Wildman–Crippen LogP) is 4.77. The van der Waals surface area contributed by atoms with Gasteiger partial charge >= 0.3 is 0 Å². The Bertz CT molecular complexity index is 1160. The number of anilines is 2. The van der Waals surface area contributed by atoms with Crippen molar-refractivity contribution in [2.45, 2.75) is 0 Å². The number of nitrogens with zero attached hydrogens (tertiary/aromatic N) is 2. The Labute approximate surface area is 179 Å². The van der Waals surface area contributed by atoms with Crippen LogP contribution >= 0.6 is 11.6 Å². The van der Waals surface area contributed by atoms with E-state index in [1.165, 1.54) is 7.11 Å². The van der Waals surface area contributed by atoms with E-state index in [4.69, 9.17) is 16.3 Å². The molecule has 0 spiro atoms. The van der Waals surface area contributed by atoms with Gasteiger partial charge in [-0.3, -0.25) is 9.59 Å². The number of carbonyl (C=O) groups is 2. The molecule has 150 valence electrons. The number of likely N-dealkylation sites (N-methyl/N-ethyl adjacent to an activating group) is 1. The second kappa shape index (κ2) is 8.05. The molecule has 1 heterocycles. The first-order chi connectivity index (χ1) is 14.5. The van der Waals surface area contributed by atoms with Gasteiger partial charge in [-0.15, -0.1) is 0 Å². The van der Waals surface area contributed by atoms with Crippen molar-refractivity contribution < 1.29 is 14.3 Å². The molecule has 0 saturated heterocycles. The highest BCUT2D eigenvalue weighted by Gasteiger charge is 2.43. The van der Waals surface area contributed by atoms with Gasteiger partial charge in [-0.2, -0.15) is 0 Å². The van der Waals surface area contributed by atoms with Gasteiger partial charge in [0.15, 0.2) is 0 Å². The number of ether oxygens (including phenoxy) is 1. The van der Waals surface area contributed by atoms with E-state index in [0.717, 1.165) is 10.6 Å². The molecule has 0 atom stereocenters. The molecular formula is C24H19ClN2O3. The van der Waals surface area contributed by atoms with Gasteiger partial charge in [-0.05, 0) is 30.3 Å². The monoisotopic (exact) mass is 418 g/mol. The molecule has 5 nitrogen and oxygen atoms in total. The fourth-order valence-electron chi connectivity index (χ4n) is 3.56. The van der Waals surface area contributed by atoms with Crippen LogP contribution < -0.4 is 14.5 Å². The van der Waals surface area contributed by atoms with Gasteiger partial charge in [0.05, 0.1) is 23.4 Å². The summed E-state index contributed by atoms with van der Waals surface area (Å²) >= 11 is 6.33. The normalized spacial score (nSPS) is 13.8. The largest absolute Gasteiger partial charge is 0.496 e. The smallest absolute Gasteiger partial charge is 0.282 e. The lowest BCUT2D eigenvalue weighted by Gasteiger charge is -2.22. The van der Waals surface area contributed by atoms with Crippen molar-refractivity contribution in [3.8, 4) is 5.75 Å². The van der Waals surface area contributed by atoms with E-state index in [9.17, 15) is 9.59 Å². The maximum absolute atomic E-state index is 13.6. The number of halogens is 1. The number of amides is 2. The number of carbonyl (C=O) groups excluding carboxylic acids is 2. The Hall–Kier alpha value is -3.57. The molecule has 0 N–H and O–H groups in total. The molecule has 6 heteroatoms. The highest BCUT2D eigenvalue weighted by molar-refractivity contribution is 6.48. The van der Waals surface area contributed by atoms with Gasteiger partial charge in [0, 0.05) is 18.3 Å². The van der Waals surface area contributed by atoms with E-state index in [0.29, 0.717) is 22.0 Å². The molecule has 0 saturated carbocycles. The van der Waals surface area contributed by atoms with E-state index < -0.39 is 11.8 Å². The third-order valence-corrected chi connectivity index (χ3v) is 5.33. The summed E-state index contributed by atoms with van der Waals surface area (Å²) in [5.41, 5.74) is 2.20. The van der Waals surface area contributed by atoms with Crippen LogP contribution in [0.4, 0.5) is 11.4 Å². The SMILES string of the molecule is COc1ccccc1C1=C(N(C)c2ccccc2)C(=O)N(c2ccccc2Cl)C1=O. The molecule has 0 unspecified atom stereocenters. The molecule has 1 aliphatic heterocycles. The molecule has 0 radical (unpaired) electrons. The summed E-state index contributed by atoms with van der Waals surface area (Å²) in [6, 6.07) is 23.4. The standard InChI is InChI=1S/C24H19ClN2O3/c1-26(16-10-4-3-5-11-16)22-21(17-12-6-9-15-20(17)30-2)23(28)27(24(22)29)19-14-8-7-13-18(19)25/h3-15H,1-2H3. The zero-order chi connectivity index (χ0) is 21.3. The van der Waals surface area contributed by atoms with Crippen LogP contribution in [0.25, 0.3) is 5.57 Å². The molecule has 0 fully saturated rings. The first kappa shape index (κ1) is 19.7. The van der Waals surface area contributed by atoms with Crippen LogP contribution in [-0.4, -0.2) is 26.0 Å². The molecule has 30 heavy (non-hydrogen) atoms. The van der Waals surface area contributed by atoms with Gasteiger partial charge in [-0.25, -0.2) is 4.90 Å². The van der Waals surface area contributed by atoms with E-state index in [2.05, 4.69) is 0 Å². The molecular weight excluding hydrogens is 400 g/mol. The quantitative estimate of drug-likeness (QED) is 0.560. The van der Waals surface area contributed by atoms with Crippen LogP contribution in [0.1, 0.15) is 5.56 Å². The van der Waals surface area contributed by atoms with Crippen molar-refractivity contribution in [1.29, 1.82) is 0 Å². The lowest BCUT2D eigenvalue weighted by Crippen LogP contribution is -2.34. The third-order valence-electron chi connectivity index (χ3n) is 5.01. The van der Waals surface area contributed by atoms with Crippen molar-refractivity contribution in [3.63, 3.8) is 0 Å². The van der Waals surface area contributed by atoms with Gasteiger partial charge in [0.1, 0.15) is 11.4 Å². The van der Waals surface area contributed by atoms with Crippen LogP contribution in [0.5, 0.6) is 5.75 Å².